The van der Waals surface area contributed by atoms with Gasteiger partial charge in [-0.05, 0) is 23.8 Å². The minimum absolute atomic E-state index is 0. The predicted molar refractivity (Wildman–Crippen MR) is 94.0 cm³/mol. The quantitative estimate of drug-likeness (QED) is 0.539. The summed E-state index contributed by atoms with van der Waals surface area (Å²) in [5.74, 6) is -0.0693. The molecule has 9 heteroatoms. The predicted octanol–water partition coefficient (Wildman–Crippen LogP) is 1.63. The molecule has 0 spiro atoms. The largest absolute Gasteiger partial charge is 0.383 e. The summed E-state index contributed by atoms with van der Waals surface area (Å²) >= 11 is 12.0. The smallest absolute Gasteiger partial charge is 0.235 e. The topological polar surface area (TPSA) is 74.4 Å². The summed E-state index contributed by atoms with van der Waals surface area (Å²) in [5.41, 5.74) is 7.18. The number of halogens is 3. The number of carbonyl (C=O) groups is 1. The molecule has 0 aromatic heterocycles. The second-order valence-corrected chi connectivity index (χ2v) is 5.94. The Kier molecular flexibility index (Phi) is 9.16. The fourth-order valence-electron chi connectivity index (χ4n) is 2.27. The van der Waals surface area contributed by atoms with E-state index in [4.69, 9.17) is 27.9 Å². The van der Waals surface area contributed by atoms with Crippen LogP contribution in [0.2, 0.25) is 10.0 Å². The molecule has 2 unspecified atom stereocenters. The summed E-state index contributed by atoms with van der Waals surface area (Å²) in [5, 5.41) is 7.09. The van der Waals surface area contributed by atoms with Crippen molar-refractivity contribution < 1.29 is 9.53 Å². The van der Waals surface area contributed by atoms with Crippen molar-refractivity contribution in [2.45, 2.75) is 18.6 Å². The van der Waals surface area contributed by atoms with E-state index in [-0.39, 0.29) is 37.1 Å². The van der Waals surface area contributed by atoms with E-state index < -0.39 is 0 Å². The van der Waals surface area contributed by atoms with Gasteiger partial charge in [0.1, 0.15) is 0 Å². The van der Waals surface area contributed by atoms with Crippen molar-refractivity contribution in [3.63, 3.8) is 0 Å². The second kappa shape index (κ2) is 10.3. The first-order chi connectivity index (χ1) is 10.6. The number of nitrogens with one attached hydrogen (secondary N) is 4. The van der Waals surface area contributed by atoms with Crippen LogP contribution in [-0.4, -0.2) is 38.9 Å². The molecule has 1 aliphatic rings. The zero-order valence-electron chi connectivity index (χ0n) is 12.7. The number of hydrogen-bond acceptors (Lipinski definition) is 5. The maximum absolute atomic E-state index is 11.8. The molecule has 1 fully saturated rings. The summed E-state index contributed by atoms with van der Waals surface area (Å²) in [6.07, 6.45) is 0.569. The van der Waals surface area contributed by atoms with E-state index in [1.54, 1.807) is 13.2 Å². The van der Waals surface area contributed by atoms with E-state index in [9.17, 15) is 4.79 Å². The molecular formula is C14H21Cl3N4O2. The molecule has 4 N–H and O–H groups in total. The van der Waals surface area contributed by atoms with Gasteiger partial charge in [-0.2, -0.15) is 0 Å². The summed E-state index contributed by atoms with van der Waals surface area (Å²) in [6.45, 7) is 1.48. The normalized spacial score (nSPS) is 20.1. The van der Waals surface area contributed by atoms with Crippen molar-refractivity contribution in [2.24, 2.45) is 0 Å². The van der Waals surface area contributed by atoms with Crippen LogP contribution in [0.4, 0.5) is 0 Å². The maximum Gasteiger partial charge on any atom is 0.235 e. The van der Waals surface area contributed by atoms with Gasteiger partial charge in [0.25, 0.3) is 0 Å². The van der Waals surface area contributed by atoms with Gasteiger partial charge in [0.05, 0.1) is 19.3 Å². The van der Waals surface area contributed by atoms with Crippen LogP contribution >= 0.6 is 35.6 Å². The Bertz CT molecular complexity index is 499. The van der Waals surface area contributed by atoms with Crippen molar-refractivity contribution >= 4 is 41.5 Å². The number of hydrazine groups is 1. The highest BCUT2D eigenvalue weighted by Crippen LogP contribution is 2.27. The molecule has 0 bridgehead atoms. The van der Waals surface area contributed by atoms with E-state index in [1.165, 1.54) is 0 Å². The lowest BCUT2D eigenvalue weighted by Crippen LogP contribution is -2.47. The lowest BCUT2D eigenvalue weighted by atomic mass is 10.0. The highest BCUT2D eigenvalue weighted by Gasteiger charge is 2.26. The molecule has 2 rings (SSSR count). The van der Waals surface area contributed by atoms with Gasteiger partial charge < -0.3 is 15.4 Å². The van der Waals surface area contributed by atoms with Crippen LogP contribution < -0.4 is 21.5 Å². The minimum Gasteiger partial charge on any atom is -0.383 e. The van der Waals surface area contributed by atoms with Crippen LogP contribution in [0.15, 0.2) is 18.2 Å². The molecule has 1 heterocycles. The summed E-state index contributed by atoms with van der Waals surface area (Å²) in [4.78, 5) is 11.8. The molecule has 2 atom stereocenters. The molecule has 1 aromatic rings. The van der Waals surface area contributed by atoms with Crippen LogP contribution in [0, 0.1) is 0 Å². The van der Waals surface area contributed by atoms with Crippen molar-refractivity contribution in [1.29, 1.82) is 0 Å². The Morgan fingerprint density at radius 2 is 2.00 bits per heavy atom. The number of rotatable bonds is 7. The summed E-state index contributed by atoms with van der Waals surface area (Å²) in [7, 11) is 1.62. The average molecular weight is 384 g/mol. The Morgan fingerprint density at radius 3 is 2.65 bits per heavy atom. The monoisotopic (exact) mass is 382 g/mol. The Hall–Kier alpha value is -0.600. The third kappa shape index (κ3) is 6.81. The Morgan fingerprint density at radius 1 is 1.30 bits per heavy atom. The average Bonchev–Trinajstić information content (AvgIpc) is 2.91. The second-order valence-electron chi connectivity index (χ2n) is 5.07. The van der Waals surface area contributed by atoms with Gasteiger partial charge in [0.15, 0.2) is 0 Å². The van der Waals surface area contributed by atoms with E-state index in [0.717, 1.165) is 5.56 Å². The first-order valence-corrected chi connectivity index (χ1v) is 7.80. The number of methoxy groups -OCH3 is 1. The zero-order chi connectivity index (χ0) is 15.9. The van der Waals surface area contributed by atoms with Crippen molar-refractivity contribution in [3.8, 4) is 0 Å². The summed E-state index contributed by atoms with van der Waals surface area (Å²) in [6, 6.07) is 5.47. The summed E-state index contributed by atoms with van der Waals surface area (Å²) < 4.78 is 4.90. The van der Waals surface area contributed by atoms with E-state index in [2.05, 4.69) is 21.5 Å². The van der Waals surface area contributed by atoms with Gasteiger partial charge in [-0.25, -0.2) is 10.9 Å². The molecular weight excluding hydrogens is 363 g/mol. The number of hydrogen-bond donors (Lipinski definition) is 4. The van der Waals surface area contributed by atoms with E-state index in [1.807, 2.05) is 12.1 Å². The third-order valence-corrected chi connectivity index (χ3v) is 3.73. The standard InChI is InChI=1S/C14H20Cl2N4O2.ClH/c1-22-3-2-17-8-14(21)18-13-7-12(19-20-13)9-4-10(15)6-11(16)5-9;/h4-6,12-13,17,19-20H,2-3,7-8H2,1H3,(H,18,21);1H. The fourth-order valence-corrected chi connectivity index (χ4v) is 2.81. The highest BCUT2D eigenvalue weighted by atomic mass is 35.5. The molecule has 6 nitrogen and oxygen atoms in total. The highest BCUT2D eigenvalue weighted by molar-refractivity contribution is 6.34. The number of benzene rings is 1. The lowest BCUT2D eigenvalue weighted by Gasteiger charge is -2.13. The van der Waals surface area contributed by atoms with E-state index in [0.29, 0.717) is 29.6 Å². The molecule has 1 saturated heterocycles. The molecule has 1 amide bonds. The maximum atomic E-state index is 11.8. The molecule has 0 saturated carbocycles. The molecule has 130 valence electrons. The van der Waals surface area contributed by atoms with Crippen LogP contribution in [0.25, 0.3) is 0 Å². The first-order valence-electron chi connectivity index (χ1n) is 7.04. The third-order valence-electron chi connectivity index (χ3n) is 3.29. The fraction of sp³-hybridized carbons (Fsp3) is 0.500. The lowest BCUT2D eigenvalue weighted by molar-refractivity contribution is -0.121. The minimum atomic E-state index is -0.139. The molecule has 23 heavy (non-hydrogen) atoms. The van der Waals surface area contributed by atoms with Crippen LogP contribution in [0.1, 0.15) is 18.0 Å². The molecule has 0 radical (unpaired) electrons. The Balaban J connectivity index is 0.00000264. The van der Waals surface area contributed by atoms with Gasteiger partial charge in [-0.1, -0.05) is 23.2 Å². The first kappa shape index (κ1) is 20.4. The SMILES string of the molecule is COCCNCC(=O)NC1CC(c2cc(Cl)cc(Cl)c2)NN1.Cl. The number of ether oxygens (including phenoxy) is 1. The molecule has 1 aliphatic heterocycles. The Labute approximate surface area is 152 Å². The zero-order valence-corrected chi connectivity index (χ0v) is 15.0. The van der Waals surface area contributed by atoms with Crippen molar-refractivity contribution in [1.82, 2.24) is 21.5 Å². The van der Waals surface area contributed by atoms with Gasteiger partial charge in [-0.3, -0.25) is 4.79 Å². The van der Waals surface area contributed by atoms with Crippen molar-refractivity contribution in [2.75, 3.05) is 26.8 Å². The molecule has 1 aromatic carbocycles. The molecule has 0 aliphatic carbocycles. The van der Waals surface area contributed by atoms with Gasteiger partial charge >= 0.3 is 0 Å². The van der Waals surface area contributed by atoms with Crippen LogP contribution in [0.5, 0.6) is 0 Å². The van der Waals surface area contributed by atoms with E-state index >= 15 is 0 Å². The number of amides is 1. The van der Waals surface area contributed by atoms with Gasteiger partial charge in [0, 0.05) is 36.2 Å². The van der Waals surface area contributed by atoms with Gasteiger partial charge in [0.2, 0.25) is 5.91 Å². The van der Waals surface area contributed by atoms with Crippen LogP contribution in [0.3, 0.4) is 0 Å². The van der Waals surface area contributed by atoms with Crippen LogP contribution in [-0.2, 0) is 9.53 Å². The van der Waals surface area contributed by atoms with Crippen molar-refractivity contribution in [3.05, 3.63) is 33.8 Å². The van der Waals surface area contributed by atoms with Gasteiger partial charge in [-0.15, -0.1) is 12.4 Å². The number of carbonyl (C=O) groups excluding carboxylic acids is 1.